The molecule has 0 aliphatic carbocycles. The van der Waals surface area contributed by atoms with Crippen molar-refractivity contribution in [3.63, 3.8) is 0 Å². The maximum atomic E-state index is 13.0. The summed E-state index contributed by atoms with van der Waals surface area (Å²) in [7, 11) is 1.59. The number of aliphatic hydroxyl groups excluding tert-OH is 1. The van der Waals surface area contributed by atoms with Crippen LogP contribution in [0.25, 0.3) is 0 Å². The van der Waals surface area contributed by atoms with Gasteiger partial charge in [-0.25, -0.2) is 4.57 Å². The Hall–Kier alpha value is -3.36. The van der Waals surface area contributed by atoms with Gasteiger partial charge in [0.05, 0.1) is 39.9 Å². The van der Waals surface area contributed by atoms with Crippen molar-refractivity contribution >= 4 is 13.7 Å². The Morgan fingerprint density at radius 1 is 0.438 bits per heavy atom. The number of hydrogen-bond donors (Lipinski definition) is 3. The number of unbranched alkanes of at least 4 members (excludes halogenated alkanes) is 23. The summed E-state index contributed by atoms with van der Waals surface area (Å²) < 4.78 is 23.8. The Kier molecular flexibility index (Phi) is 57.7. The van der Waals surface area contributed by atoms with Crippen LogP contribution in [0.15, 0.2) is 134 Å². The number of allylic oxidation sites excluding steroid dienone is 22. The number of quaternary nitrogens is 1. The first kappa shape index (κ1) is 76.6. The standard InChI is InChI=1S/C71H123N2O6P/c1-6-8-10-12-14-16-18-20-22-24-26-27-28-29-30-31-32-33-34-35-36-37-38-39-40-41-42-43-44-45-47-49-51-53-55-57-59-61-63-65-71(75)72-69(68-79-80(76,77)78-67-66-73(3,4)5)70(74)64-62-60-58-56-54-52-50-48-46-25-23-21-19-17-15-13-11-9-7-2/h8,10,14,16,20,22,26-27,29-30,32-33,35-36,38-39,41-42,44-45,49,51,69-70,74H,6-7,9,11-13,15,17-19,21,23-25,28,31,34,37,40,43,46-48,50,52-68H2,1-5H3,(H-,72,75,76,77)/p+1/b10-8-,16-14-,22-20-,27-26-,30-29-,33-32-,36-35-,39-38-,42-41-,45-44-,51-49-. The highest BCUT2D eigenvalue weighted by atomic mass is 31.2. The fourth-order valence-corrected chi connectivity index (χ4v) is 9.61. The van der Waals surface area contributed by atoms with Crippen LogP contribution in [0, 0.1) is 0 Å². The minimum atomic E-state index is -4.34. The number of nitrogens with one attached hydrogen (secondary N) is 1. The normalized spacial score (nSPS) is 14.6. The average molecular weight is 1130 g/mol. The minimum Gasteiger partial charge on any atom is -0.391 e. The summed E-state index contributed by atoms with van der Waals surface area (Å²) >= 11 is 0. The topological polar surface area (TPSA) is 105 Å². The highest BCUT2D eigenvalue weighted by molar-refractivity contribution is 7.47. The second-order valence-electron chi connectivity index (χ2n) is 22.8. The van der Waals surface area contributed by atoms with Crippen LogP contribution < -0.4 is 5.32 Å². The lowest BCUT2D eigenvalue weighted by Gasteiger charge is -2.26. The number of carbonyl (C=O) groups is 1. The van der Waals surface area contributed by atoms with E-state index in [1.165, 1.54) is 103 Å². The molecule has 0 spiro atoms. The lowest BCUT2D eigenvalue weighted by atomic mass is 10.0. The van der Waals surface area contributed by atoms with Gasteiger partial charge in [-0.15, -0.1) is 0 Å². The highest BCUT2D eigenvalue weighted by Gasteiger charge is 2.28. The fourth-order valence-electron chi connectivity index (χ4n) is 8.88. The zero-order chi connectivity index (χ0) is 58.4. The van der Waals surface area contributed by atoms with Crippen molar-refractivity contribution in [3.8, 4) is 0 Å². The summed E-state index contributed by atoms with van der Waals surface area (Å²) in [6, 6.07) is -0.782. The van der Waals surface area contributed by atoms with Gasteiger partial charge in [-0.2, -0.15) is 0 Å². The molecule has 0 rings (SSSR count). The molecule has 3 atom stereocenters. The molecule has 9 heteroatoms. The summed E-state index contributed by atoms with van der Waals surface area (Å²) in [5, 5.41) is 14.1. The molecule has 8 nitrogen and oxygen atoms in total. The van der Waals surface area contributed by atoms with Gasteiger partial charge in [0.2, 0.25) is 5.91 Å². The molecule has 0 aliphatic rings. The molecule has 458 valence electrons. The largest absolute Gasteiger partial charge is 0.472 e. The van der Waals surface area contributed by atoms with Crippen LogP contribution >= 0.6 is 7.82 Å². The molecule has 0 radical (unpaired) electrons. The van der Waals surface area contributed by atoms with E-state index in [0.29, 0.717) is 23.9 Å². The molecule has 0 aromatic heterocycles. The second kappa shape index (κ2) is 60.2. The maximum Gasteiger partial charge on any atom is 0.472 e. The summed E-state index contributed by atoms with van der Waals surface area (Å²) in [5.74, 6) is -0.166. The first-order valence-corrected chi connectivity index (χ1v) is 34.0. The predicted octanol–water partition coefficient (Wildman–Crippen LogP) is 20.7. The number of nitrogens with zero attached hydrogens (tertiary/aromatic N) is 1. The average Bonchev–Trinajstić information content (AvgIpc) is 3.42. The van der Waals surface area contributed by atoms with E-state index in [9.17, 15) is 19.4 Å². The Morgan fingerprint density at radius 3 is 1.10 bits per heavy atom. The monoisotopic (exact) mass is 1130 g/mol. The van der Waals surface area contributed by atoms with Gasteiger partial charge in [0.15, 0.2) is 0 Å². The van der Waals surface area contributed by atoms with Crippen LogP contribution in [0.3, 0.4) is 0 Å². The van der Waals surface area contributed by atoms with Crippen molar-refractivity contribution in [2.24, 2.45) is 0 Å². The van der Waals surface area contributed by atoms with E-state index >= 15 is 0 Å². The van der Waals surface area contributed by atoms with Crippen LogP contribution in [0.4, 0.5) is 0 Å². The van der Waals surface area contributed by atoms with Crippen molar-refractivity contribution in [2.45, 2.75) is 270 Å². The number of likely N-dealkylation sites (N-methyl/N-ethyl adjacent to an activating group) is 1. The molecule has 3 unspecified atom stereocenters. The zero-order valence-corrected chi connectivity index (χ0v) is 53.2. The van der Waals surface area contributed by atoms with Gasteiger partial charge in [-0.1, -0.05) is 289 Å². The van der Waals surface area contributed by atoms with Crippen molar-refractivity contribution in [2.75, 3.05) is 40.9 Å². The minimum absolute atomic E-state index is 0.0641. The van der Waals surface area contributed by atoms with Crippen molar-refractivity contribution < 1.29 is 32.9 Å². The predicted molar refractivity (Wildman–Crippen MR) is 350 cm³/mol. The Balaban J connectivity index is 4.18. The quantitative estimate of drug-likeness (QED) is 0.0243. The van der Waals surface area contributed by atoms with E-state index in [1.807, 2.05) is 21.1 Å². The fraction of sp³-hybridized carbons (Fsp3) is 0.676. The highest BCUT2D eigenvalue weighted by Crippen LogP contribution is 2.43. The Bertz CT molecular complexity index is 1760. The van der Waals surface area contributed by atoms with Crippen LogP contribution in [-0.4, -0.2) is 73.4 Å². The maximum absolute atomic E-state index is 13.0. The number of phosphoric ester groups is 1. The molecule has 0 fully saturated rings. The molecule has 80 heavy (non-hydrogen) atoms. The van der Waals surface area contributed by atoms with Gasteiger partial charge >= 0.3 is 7.82 Å². The molecule has 0 aromatic carbocycles. The number of carbonyl (C=O) groups excluding carboxylic acids is 1. The van der Waals surface area contributed by atoms with Crippen molar-refractivity contribution in [1.82, 2.24) is 5.32 Å². The van der Waals surface area contributed by atoms with Gasteiger partial charge < -0.3 is 19.8 Å². The smallest absolute Gasteiger partial charge is 0.391 e. The number of aliphatic hydroxyl groups is 1. The molecule has 0 saturated heterocycles. The summed E-state index contributed by atoms with van der Waals surface area (Å²) in [6.07, 6.45) is 90.9. The van der Waals surface area contributed by atoms with E-state index in [1.54, 1.807) is 0 Å². The molecule has 0 aliphatic heterocycles. The third-order valence-electron chi connectivity index (χ3n) is 13.9. The molecule has 0 saturated carbocycles. The van der Waals surface area contributed by atoms with Gasteiger partial charge in [-0.05, 0) is 96.3 Å². The third kappa shape index (κ3) is 62.2. The molecule has 1 amide bonds. The van der Waals surface area contributed by atoms with Gasteiger partial charge in [0.1, 0.15) is 13.2 Å². The van der Waals surface area contributed by atoms with Gasteiger partial charge in [-0.3, -0.25) is 13.8 Å². The lowest BCUT2D eigenvalue weighted by molar-refractivity contribution is -0.870. The van der Waals surface area contributed by atoms with E-state index < -0.39 is 20.0 Å². The zero-order valence-electron chi connectivity index (χ0n) is 52.3. The summed E-state index contributed by atoms with van der Waals surface area (Å²) in [6.45, 7) is 4.76. The van der Waals surface area contributed by atoms with Gasteiger partial charge in [0.25, 0.3) is 0 Å². The third-order valence-corrected chi connectivity index (χ3v) is 14.9. The molecular formula is C71H124N2O6P+. The Morgan fingerprint density at radius 2 is 0.750 bits per heavy atom. The van der Waals surface area contributed by atoms with Crippen LogP contribution in [0.1, 0.15) is 258 Å². The molecule has 0 bridgehead atoms. The van der Waals surface area contributed by atoms with E-state index in [2.05, 4.69) is 153 Å². The molecular weight excluding hydrogens is 1010 g/mol. The number of hydrogen-bond acceptors (Lipinski definition) is 5. The number of phosphoric acid groups is 1. The van der Waals surface area contributed by atoms with Crippen molar-refractivity contribution in [3.05, 3.63) is 134 Å². The van der Waals surface area contributed by atoms with E-state index in [-0.39, 0.29) is 19.1 Å². The molecule has 0 heterocycles. The molecule has 3 N–H and O–H groups in total. The SMILES string of the molecule is CC/C=C\C/C=C\C/C=C\C/C=C\C/C=C\C/C=C\C/C=C\C/C=C\C/C=C\C/C=C\C/C=C\CCCCCCCC(=O)NC(COP(=O)(O)OCC[N+](C)(C)C)C(O)CCCCCCCCCCCCCCCCCCCCC. The summed E-state index contributed by atoms with van der Waals surface area (Å²) in [4.78, 5) is 23.4. The first-order valence-electron chi connectivity index (χ1n) is 32.5. The molecule has 0 aromatic rings. The number of rotatable bonds is 58. The van der Waals surface area contributed by atoms with Crippen molar-refractivity contribution in [1.29, 1.82) is 0 Å². The first-order chi connectivity index (χ1) is 39.0. The van der Waals surface area contributed by atoms with Gasteiger partial charge in [0, 0.05) is 6.42 Å². The lowest BCUT2D eigenvalue weighted by Crippen LogP contribution is -2.46. The Labute approximate surface area is 494 Å². The van der Waals surface area contributed by atoms with Crippen LogP contribution in [0.2, 0.25) is 0 Å². The second-order valence-corrected chi connectivity index (χ2v) is 24.2. The summed E-state index contributed by atoms with van der Waals surface area (Å²) in [5.41, 5.74) is 0. The number of amides is 1. The van der Waals surface area contributed by atoms with Crippen LogP contribution in [-0.2, 0) is 18.4 Å². The van der Waals surface area contributed by atoms with E-state index in [0.717, 1.165) is 128 Å². The van der Waals surface area contributed by atoms with Crippen LogP contribution in [0.5, 0.6) is 0 Å². The van der Waals surface area contributed by atoms with E-state index in [4.69, 9.17) is 9.05 Å².